The molecule has 0 radical (unpaired) electrons. The van der Waals surface area contributed by atoms with Gasteiger partial charge in [-0.1, -0.05) is 70.0 Å². The molecule has 0 aliphatic rings. The highest BCUT2D eigenvalue weighted by Crippen LogP contribution is 2.23. The molecule has 1 nitrogen and oxygen atoms in total. The van der Waals surface area contributed by atoms with Gasteiger partial charge in [-0.05, 0) is 11.5 Å². The second-order valence-corrected chi connectivity index (χ2v) is 6.47. The van der Waals surface area contributed by atoms with E-state index in [1.165, 1.54) is 0 Å². The molecule has 0 saturated heterocycles. The quantitative estimate of drug-likeness (QED) is 0.605. The maximum atomic E-state index is 11.8. The van der Waals surface area contributed by atoms with Gasteiger partial charge in [-0.25, -0.2) is 0 Å². The van der Waals surface area contributed by atoms with Gasteiger partial charge < -0.3 is 0 Å². The normalized spacial score (nSPS) is 11.0. The standard InChI is InChI=1S/C11H12Br2O/c1-7(2)8-5-3-4-6-9(8)10(14)11(12)13/h3-7,11H,1-2H3. The van der Waals surface area contributed by atoms with E-state index in [-0.39, 0.29) is 9.52 Å². The Morgan fingerprint density at radius 2 is 1.79 bits per heavy atom. The Kier molecular flexibility index (Phi) is 4.32. The predicted octanol–water partition coefficient (Wildman–Crippen LogP) is 4.11. The molecule has 0 amide bonds. The maximum Gasteiger partial charge on any atom is 0.187 e. The molecule has 0 aliphatic heterocycles. The van der Waals surface area contributed by atoms with Gasteiger partial charge in [-0.2, -0.15) is 0 Å². The fourth-order valence-corrected chi connectivity index (χ4v) is 1.84. The number of ketones is 1. The van der Waals surface area contributed by atoms with Crippen molar-refractivity contribution in [2.75, 3.05) is 0 Å². The Bertz CT molecular complexity index is 332. The first-order valence-corrected chi connectivity index (χ1v) is 6.28. The van der Waals surface area contributed by atoms with Gasteiger partial charge in [-0.15, -0.1) is 0 Å². The third-order valence-electron chi connectivity index (χ3n) is 2.05. The minimum absolute atomic E-state index is 0.0781. The van der Waals surface area contributed by atoms with Crippen molar-refractivity contribution < 1.29 is 4.79 Å². The van der Waals surface area contributed by atoms with Crippen molar-refractivity contribution in [2.24, 2.45) is 0 Å². The van der Waals surface area contributed by atoms with Crippen molar-refractivity contribution >= 4 is 37.6 Å². The fraction of sp³-hybridized carbons (Fsp3) is 0.364. The number of hydrogen-bond donors (Lipinski definition) is 0. The molecule has 0 heterocycles. The molecule has 1 aromatic rings. The lowest BCUT2D eigenvalue weighted by atomic mass is 9.95. The first-order valence-electron chi connectivity index (χ1n) is 4.45. The summed E-state index contributed by atoms with van der Waals surface area (Å²) in [4.78, 5) is 11.8. The van der Waals surface area contributed by atoms with Crippen LogP contribution in [0.1, 0.15) is 35.7 Å². The molecule has 0 N–H and O–H groups in total. The van der Waals surface area contributed by atoms with Crippen LogP contribution >= 0.6 is 31.9 Å². The highest BCUT2D eigenvalue weighted by atomic mass is 79.9. The van der Waals surface area contributed by atoms with E-state index in [0.29, 0.717) is 5.92 Å². The molecule has 1 aromatic carbocycles. The highest BCUT2D eigenvalue weighted by molar-refractivity contribution is 9.25. The van der Waals surface area contributed by atoms with E-state index in [4.69, 9.17) is 0 Å². The predicted molar refractivity (Wildman–Crippen MR) is 66.5 cm³/mol. The maximum absolute atomic E-state index is 11.8. The SMILES string of the molecule is CC(C)c1ccccc1C(=O)C(Br)Br. The van der Waals surface area contributed by atoms with Crippen LogP contribution in [-0.2, 0) is 0 Å². The van der Waals surface area contributed by atoms with Crippen molar-refractivity contribution in [1.82, 2.24) is 0 Å². The molecule has 3 heteroatoms. The lowest BCUT2D eigenvalue weighted by molar-refractivity contribution is 0.101. The summed E-state index contributed by atoms with van der Waals surface area (Å²) in [5, 5.41) is 0. The van der Waals surface area contributed by atoms with Gasteiger partial charge in [-0.3, -0.25) is 4.79 Å². The van der Waals surface area contributed by atoms with Gasteiger partial charge in [0.2, 0.25) is 0 Å². The van der Waals surface area contributed by atoms with Crippen LogP contribution in [0.2, 0.25) is 0 Å². The van der Waals surface area contributed by atoms with E-state index in [1.54, 1.807) is 0 Å². The minimum atomic E-state index is -0.296. The van der Waals surface area contributed by atoms with E-state index in [1.807, 2.05) is 24.3 Å². The van der Waals surface area contributed by atoms with Gasteiger partial charge in [0.15, 0.2) is 5.78 Å². The molecule has 1 rings (SSSR count). The number of benzene rings is 1. The van der Waals surface area contributed by atoms with Gasteiger partial charge >= 0.3 is 0 Å². The lowest BCUT2D eigenvalue weighted by Crippen LogP contribution is -2.10. The van der Waals surface area contributed by atoms with E-state index in [9.17, 15) is 4.79 Å². The molecule has 0 saturated carbocycles. The molecule has 0 fully saturated rings. The van der Waals surface area contributed by atoms with E-state index >= 15 is 0 Å². The molecule has 14 heavy (non-hydrogen) atoms. The van der Waals surface area contributed by atoms with Gasteiger partial charge in [0.25, 0.3) is 0 Å². The van der Waals surface area contributed by atoms with E-state index < -0.39 is 0 Å². The number of carbonyl (C=O) groups excluding carboxylic acids is 1. The van der Waals surface area contributed by atoms with Crippen LogP contribution in [0.25, 0.3) is 0 Å². The zero-order chi connectivity index (χ0) is 10.7. The summed E-state index contributed by atoms with van der Waals surface area (Å²) in [6.45, 7) is 4.17. The Morgan fingerprint density at radius 1 is 1.21 bits per heavy atom. The molecular formula is C11H12Br2O. The Balaban J connectivity index is 3.13. The van der Waals surface area contributed by atoms with Crippen molar-refractivity contribution in [2.45, 2.75) is 23.5 Å². The first kappa shape index (κ1) is 11.9. The van der Waals surface area contributed by atoms with Gasteiger partial charge in [0.1, 0.15) is 3.74 Å². The zero-order valence-corrected chi connectivity index (χ0v) is 11.3. The average Bonchev–Trinajstić information content (AvgIpc) is 2.16. The molecule has 0 unspecified atom stereocenters. The minimum Gasteiger partial charge on any atom is -0.292 e. The lowest BCUT2D eigenvalue weighted by Gasteiger charge is -2.11. The van der Waals surface area contributed by atoms with Crippen LogP contribution in [-0.4, -0.2) is 9.52 Å². The summed E-state index contributed by atoms with van der Waals surface area (Å²) in [6.07, 6.45) is 0. The third-order valence-corrected chi connectivity index (χ3v) is 2.88. The van der Waals surface area contributed by atoms with E-state index in [0.717, 1.165) is 11.1 Å². The molecule has 0 aromatic heterocycles. The highest BCUT2D eigenvalue weighted by Gasteiger charge is 2.17. The molecule has 0 atom stereocenters. The van der Waals surface area contributed by atoms with Crippen LogP contribution in [0.5, 0.6) is 0 Å². The van der Waals surface area contributed by atoms with Crippen LogP contribution in [0.3, 0.4) is 0 Å². The summed E-state index contributed by atoms with van der Waals surface area (Å²) in [6, 6.07) is 7.72. The zero-order valence-electron chi connectivity index (χ0n) is 8.13. The number of hydrogen-bond acceptors (Lipinski definition) is 1. The topological polar surface area (TPSA) is 17.1 Å². The molecule has 0 bridgehead atoms. The number of Topliss-reactive ketones (excluding diaryl/α,β-unsaturated/α-hetero) is 1. The Labute approximate surface area is 101 Å². The first-order chi connectivity index (χ1) is 6.54. The van der Waals surface area contributed by atoms with Crippen LogP contribution in [0.4, 0.5) is 0 Å². The summed E-state index contributed by atoms with van der Waals surface area (Å²) in [7, 11) is 0. The summed E-state index contributed by atoms with van der Waals surface area (Å²) < 4.78 is -0.296. The smallest absolute Gasteiger partial charge is 0.187 e. The third kappa shape index (κ3) is 2.67. The summed E-state index contributed by atoms with van der Waals surface area (Å²) in [5.41, 5.74) is 1.89. The Morgan fingerprint density at radius 3 is 2.29 bits per heavy atom. The summed E-state index contributed by atoms with van der Waals surface area (Å²) in [5.74, 6) is 0.447. The second kappa shape index (κ2) is 5.08. The Hall–Kier alpha value is -0.150. The number of alkyl halides is 2. The molecular weight excluding hydrogens is 308 g/mol. The monoisotopic (exact) mass is 318 g/mol. The van der Waals surface area contributed by atoms with Gasteiger partial charge in [0, 0.05) is 5.56 Å². The molecule has 0 aliphatic carbocycles. The van der Waals surface area contributed by atoms with E-state index in [2.05, 4.69) is 45.7 Å². The second-order valence-electron chi connectivity index (χ2n) is 3.41. The van der Waals surface area contributed by atoms with Crippen LogP contribution in [0, 0.1) is 0 Å². The fourth-order valence-electron chi connectivity index (χ4n) is 1.34. The van der Waals surface area contributed by atoms with Crippen LogP contribution in [0.15, 0.2) is 24.3 Å². The summed E-state index contributed by atoms with van der Waals surface area (Å²) >= 11 is 6.45. The number of carbonyl (C=O) groups is 1. The van der Waals surface area contributed by atoms with Crippen molar-refractivity contribution in [3.63, 3.8) is 0 Å². The van der Waals surface area contributed by atoms with Crippen molar-refractivity contribution in [3.8, 4) is 0 Å². The van der Waals surface area contributed by atoms with Crippen molar-refractivity contribution in [1.29, 1.82) is 0 Å². The largest absolute Gasteiger partial charge is 0.292 e. The van der Waals surface area contributed by atoms with Crippen LogP contribution < -0.4 is 0 Å². The van der Waals surface area contributed by atoms with Crippen molar-refractivity contribution in [3.05, 3.63) is 35.4 Å². The molecule has 76 valence electrons. The number of halogens is 2. The number of rotatable bonds is 3. The van der Waals surface area contributed by atoms with Gasteiger partial charge in [0.05, 0.1) is 0 Å². The average molecular weight is 320 g/mol. The molecule has 0 spiro atoms.